The molecule has 0 fully saturated rings. The number of rotatable bonds is 6. The number of hydrogen-bond donors (Lipinski definition) is 1. The van der Waals surface area contributed by atoms with Gasteiger partial charge in [-0.05, 0) is 68.0 Å². The third-order valence-corrected chi connectivity index (χ3v) is 4.26. The fourth-order valence-electron chi connectivity index (χ4n) is 2.67. The van der Waals surface area contributed by atoms with Gasteiger partial charge in [0.1, 0.15) is 0 Å². The van der Waals surface area contributed by atoms with Crippen LogP contribution in [-0.4, -0.2) is 6.54 Å². The molecule has 112 valence electrons. The van der Waals surface area contributed by atoms with Gasteiger partial charge in [0.05, 0.1) is 0 Å². The normalized spacial score (nSPS) is 12.4. The van der Waals surface area contributed by atoms with E-state index >= 15 is 0 Å². The van der Waals surface area contributed by atoms with Crippen LogP contribution in [0.25, 0.3) is 0 Å². The molecule has 2 aromatic rings. The van der Waals surface area contributed by atoms with Gasteiger partial charge >= 0.3 is 0 Å². The second-order valence-corrected chi connectivity index (χ2v) is 5.98. The van der Waals surface area contributed by atoms with Crippen molar-refractivity contribution in [2.45, 2.75) is 46.6 Å². The van der Waals surface area contributed by atoms with Crippen LogP contribution in [0, 0.1) is 20.8 Å². The van der Waals surface area contributed by atoms with Crippen molar-refractivity contribution in [3.63, 3.8) is 0 Å². The fourth-order valence-corrected chi connectivity index (χ4v) is 2.67. The monoisotopic (exact) mass is 281 g/mol. The summed E-state index contributed by atoms with van der Waals surface area (Å²) in [6.07, 6.45) is 2.21. The lowest BCUT2D eigenvalue weighted by atomic mass is 9.94. The summed E-state index contributed by atoms with van der Waals surface area (Å²) in [6.45, 7) is 9.85. The van der Waals surface area contributed by atoms with Crippen LogP contribution in [0.3, 0.4) is 0 Å². The minimum absolute atomic E-state index is 0.394. The Hall–Kier alpha value is -1.60. The SMILES string of the molecule is CCCNC(Cc1ccccc1C)c1ccc(C)c(C)c1. The Morgan fingerprint density at radius 2 is 1.67 bits per heavy atom. The summed E-state index contributed by atoms with van der Waals surface area (Å²) < 4.78 is 0. The van der Waals surface area contributed by atoms with Crippen LogP contribution in [0.15, 0.2) is 42.5 Å². The van der Waals surface area contributed by atoms with Crippen LogP contribution < -0.4 is 5.32 Å². The van der Waals surface area contributed by atoms with Gasteiger partial charge in [0.15, 0.2) is 0 Å². The Bertz CT molecular complexity index is 586. The van der Waals surface area contributed by atoms with E-state index in [0.717, 1.165) is 19.4 Å². The zero-order chi connectivity index (χ0) is 15.2. The van der Waals surface area contributed by atoms with Crippen molar-refractivity contribution in [3.05, 3.63) is 70.3 Å². The summed E-state index contributed by atoms with van der Waals surface area (Å²) in [5.74, 6) is 0. The Labute approximate surface area is 129 Å². The van der Waals surface area contributed by atoms with Crippen LogP contribution >= 0.6 is 0 Å². The zero-order valence-corrected chi connectivity index (χ0v) is 13.7. The third-order valence-electron chi connectivity index (χ3n) is 4.26. The molecule has 21 heavy (non-hydrogen) atoms. The van der Waals surface area contributed by atoms with Crippen molar-refractivity contribution in [2.75, 3.05) is 6.54 Å². The largest absolute Gasteiger partial charge is 0.310 e. The van der Waals surface area contributed by atoms with Gasteiger partial charge in [0, 0.05) is 6.04 Å². The van der Waals surface area contributed by atoms with Gasteiger partial charge in [-0.25, -0.2) is 0 Å². The van der Waals surface area contributed by atoms with Gasteiger partial charge in [0.2, 0.25) is 0 Å². The van der Waals surface area contributed by atoms with E-state index in [0.29, 0.717) is 6.04 Å². The summed E-state index contributed by atoms with van der Waals surface area (Å²) in [6, 6.07) is 15.9. The maximum atomic E-state index is 3.71. The third kappa shape index (κ3) is 4.18. The van der Waals surface area contributed by atoms with Crippen molar-refractivity contribution in [1.82, 2.24) is 5.32 Å². The van der Waals surface area contributed by atoms with E-state index in [-0.39, 0.29) is 0 Å². The molecule has 0 aromatic heterocycles. The first kappa shape index (κ1) is 15.8. The van der Waals surface area contributed by atoms with Crippen molar-refractivity contribution >= 4 is 0 Å². The number of hydrogen-bond acceptors (Lipinski definition) is 1. The molecule has 0 spiro atoms. The van der Waals surface area contributed by atoms with Gasteiger partial charge in [0.25, 0.3) is 0 Å². The fraction of sp³-hybridized carbons (Fsp3) is 0.400. The summed E-state index contributed by atoms with van der Waals surface area (Å²) >= 11 is 0. The first-order valence-corrected chi connectivity index (χ1v) is 7.97. The van der Waals surface area contributed by atoms with Gasteiger partial charge in [-0.15, -0.1) is 0 Å². The minimum atomic E-state index is 0.394. The lowest BCUT2D eigenvalue weighted by Crippen LogP contribution is -2.24. The van der Waals surface area contributed by atoms with E-state index in [2.05, 4.69) is 75.5 Å². The lowest BCUT2D eigenvalue weighted by Gasteiger charge is -2.21. The Morgan fingerprint density at radius 3 is 2.33 bits per heavy atom. The lowest BCUT2D eigenvalue weighted by molar-refractivity contribution is 0.528. The van der Waals surface area contributed by atoms with Crippen LogP contribution in [0.1, 0.15) is 47.2 Å². The summed E-state index contributed by atoms with van der Waals surface area (Å²) in [7, 11) is 0. The second kappa shape index (κ2) is 7.42. The highest BCUT2D eigenvalue weighted by Crippen LogP contribution is 2.22. The van der Waals surface area contributed by atoms with E-state index in [4.69, 9.17) is 0 Å². The first-order valence-electron chi connectivity index (χ1n) is 7.97. The molecule has 0 radical (unpaired) electrons. The van der Waals surface area contributed by atoms with Crippen LogP contribution in [-0.2, 0) is 6.42 Å². The Morgan fingerprint density at radius 1 is 0.905 bits per heavy atom. The van der Waals surface area contributed by atoms with Crippen LogP contribution in [0.2, 0.25) is 0 Å². The van der Waals surface area contributed by atoms with E-state index in [1.807, 2.05) is 0 Å². The maximum absolute atomic E-state index is 3.71. The molecule has 0 saturated heterocycles. The molecular weight excluding hydrogens is 254 g/mol. The summed E-state index contributed by atoms with van der Waals surface area (Å²) in [5, 5.41) is 3.71. The highest BCUT2D eigenvalue weighted by atomic mass is 14.9. The standard InChI is InChI=1S/C20H27N/c1-5-12-21-20(14-18-9-7-6-8-16(18)3)19-11-10-15(2)17(4)13-19/h6-11,13,20-21H,5,12,14H2,1-4H3. The molecule has 1 unspecified atom stereocenters. The molecule has 0 saturated carbocycles. The average molecular weight is 281 g/mol. The number of aryl methyl sites for hydroxylation is 3. The molecule has 0 aliphatic carbocycles. The summed E-state index contributed by atoms with van der Waals surface area (Å²) in [5.41, 5.74) is 6.95. The van der Waals surface area contributed by atoms with Crippen molar-refractivity contribution < 1.29 is 0 Å². The second-order valence-electron chi connectivity index (χ2n) is 5.98. The molecule has 2 rings (SSSR count). The van der Waals surface area contributed by atoms with E-state index in [9.17, 15) is 0 Å². The maximum Gasteiger partial charge on any atom is 0.0361 e. The average Bonchev–Trinajstić information content (AvgIpc) is 2.48. The summed E-state index contributed by atoms with van der Waals surface area (Å²) in [4.78, 5) is 0. The molecule has 1 nitrogen and oxygen atoms in total. The minimum Gasteiger partial charge on any atom is -0.310 e. The van der Waals surface area contributed by atoms with Crippen molar-refractivity contribution in [3.8, 4) is 0 Å². The number of nitrogens with one attached hydrogen (secondary N) is 1. The Balaban J connectivity index is 2.25. The molecule has 0 aliphatic heterocycles. The van der Waals surface area contributed by atoms with E-state index in [1.165, 1.54) is 27.8 Å². The van der Waals surface area contributed by atoms with Gasteiger partial charge in [-0.2, -0.15) is 0 Å². The van der Waals surface area contributed by atoms with E-state index in [1.54, 1.807) is 0 Å². The predicted octanol–water partition coefficient (Wildman–Crippen LogP) is 4.90. The molecule has 0 bridgehead atoms. The van der Waals surface area contributed by atoms with Gasteiger partial charge in [-0.1, -0.05) is 49.4 Å². The quantitative estimate of drug-likeness (QED) is 0.794. The molecule has 0 aliphatic rings. The molecule has 1 heteroatoms. The molecular formula is C20H27N. The van der Waals surface area contributed by atoms with Crippen LogP contribution in [0.5, 0.6) is 0 Å². The van der Waals surface area contributed by atoms with Gasteiger partial charge < -0.3 is 5.32 Å². The topological polar surface area (TPSA) is 12.0 Å². The Kier molecular flexibility index (Phi) is 5.58. The van der Waals surface area contributed by atoms with Crippen molar-refractivity contribution in [1.29, 1.82) is 0 Å². The smallest absolute Gasteiger partial charge is 0.0361 e. The molecule has 1 N–H and O–H groups in total. The van der Waals surface area contributed by atoms with Gasteiger partial charge in [-0.3, -0.25) is 0 Å². The molecule has 0 amide bonds. The van der Waals surface area contributed by atoms with Crippen LogP contribution in [0.4, 0.5) is 0 Å². The van der Waals surface area contributed by atoms with E-state index < -0.39 is 0 Å². The molecule has 0 heterocycles. The molecule has 1 atom stereocenters. The number of benzene rings is 2. The predicted molar refractivity (Wildman–Crippen MR) is 91.8 cm³/mol. The first-order chi connectivity index (χ1) is 10.1. The molecule has 2 aromatic carbocycles. The highest BCUT2D eigenvalue weighted by molar-refractivity contribution is 5.34. The highest BCUT2D eigenvalue weighted by Gasteiger charge is 2.13. The zero-order valence-electron chi connectivity index (χ0n) is 13.7. The van der Waals surface area contributed by atoms with Crippen molar-refractivity contribution in [2.24, 2.45) is 0 Å².